The molecule has 3 N–H and O–H groups in total. The molecule has 4 amide bonds. The number of oxime groups is 1. The normalized spacial score (nSPS) is 29.5. The van der Waals surface area contributed by atoms with Crippen molar-refractivity contribution in [3.63, 3.8) is 0 Å². The number of allylic oxidation sites excluding steroid dienone is 1. The summed E-state index contributed by atoms with van der Waals surface area (Å²) in [6.07, 6.45) is 11.1. The van der Waals surface area contributed by atoms with Gasteiger partial charge in [-0.1, -0.05) is 72.6 Å². The van der Waals surface area contributed by atoms with Gasteiger partial charge in [-0.3, -0.25) is 19.1 Å². The van der Waals surface area contributed by atoms with E-state index in [0.717, 1.165) is 48.4 Å². The van der Waals surface area contributed by atoms with Crippen molar-refractivity contribution >= 4 is 50.8 Å². The minimum atomic E-state index is -3.87. The van der Waals surface area contributed by atoms with Crippen molar-refractivity contribution in [2.45, 2.75) is 112 Å². The van der Waals surface area contributed by atoms with Gasteiger partial charge < -0.3 is 25.1 Å². The lowest BCUT2D eigenvalue weighted by Gasteiger charge is -2.30. The van der Waals surface area contributed by atoms with Gasteiger partial charge in [0.25, 0.3) is 5.91 Å². The summed E-state index contributed by atoms with van der Waals surface area (Å²) in [5.74, 6) is -2.24. The number of carbonyl (C=O) groups is 4. The average Bonchev–Trinajstić information content (AvgIpc) is 4.02. The summed E-state index contributed by atoms with van der Waals surface area (Å²) in [7, 11) is -3.87. The lowest BCUT2D eigenvalue weighted by Crippen LogP contribution is -2.58. The molecule has 2 aromatic carbocycles. The van der Waals surface area contributed by atoms with Crippen LogP contribution in [0.5, 0.6) is 0 Å². The van der Waals surface area contributed by atoms with Crippen molar-refractivity contribution in [3.05, 3.63) is 60.2 Å². The molecule has 2 aliphatic heterocycles. The minimum absolute atomic E-state index is 0.0121. The highest BCUT2D eigenvalue weighted by Gasteiger charge is 2.62. The van der Waals surface area contributed by atoms with Gasteiger partial charge in [0.15, 0.2) is 0 Å². The quantitative estimate of drug-likeness (QED) is 0.210. The van der Waals surface area contributed by atoms with Crippen molar-refractivity contribution in [3.8, 4) is 0 Å². The van der Waals surface area contributed by atoms with E-state index in [0.29, 0.717) is 32.1 Å². The number of sulfonamides is 1. The molecule has 51 heavy (non-hydrogen) atoms. The van der Waals surface area contributed by atoms with Crippen LogP contribution in [0.15, 0.2) is 59.8 Å². The number of fused-ring (bicyclic) bond motifs is 3. The van der Waals surface area contributed by atoms with Crippen LogP contribution in [0.25, 0.3) is 10.8 Å². The van der Waals surface area contributed by atoms with E-state index in [1.54, 1.807) is 6.21 Å². The zero-order valence-electron chi connectivity index (χ0n) is 28.5. The van der Waals surface area contributed by atoms with E-state index >= 15 is 0 Å². The third-order valence-corrected chi connectivity index (χ3v) is 12.5. The van der Waals surface area contributed by atoms with Crippen molar-refractivity contribution in [2.75, 3.05) is 6.54 Å². The molecular weight excluding hydrogens is 675 g/mol. The second-order valence-electron chi connectivity index (χ2n) is 14.4. The second kappa shape index (κ2) is 14.6. The zero-order valence-corrected chi connectivity index (χ0v) is 29.3. The number of hydrogen-bond donors (Lipinski definition) is 3. The highest BCUT2D eigenvalue weighted by molar-refractivity contribution is 7.91. The largest absolute Gasteiger partial charge is 0.446 e. The lowest BCUT2D eigenvalue weighted by atomic mass is 9.96. The standard InChI is InChI=1S/C37H45N5O8S/c43-33-32-20-28(50-38-22-25-12-8-11-24-10-6-7-16-30(24)25)23-42(32)34(44)31(39-36(46)49-27-14-9-15-27)17-5-3-1-2-4-13-26-21-37(26,40-33)35(45)41-51(47,48)29-18-19-29/h4,6-8,10-13,16,22,26-29,31-32H,1-3,5,9,14-15,17-21,23H2,(H,39,46)(H,40,43)(H,41,45)/b13-4-,38-22+/t26-,28-,31+,32+,37+/m1/s1. The Morgan fingerprint density at radius 2 is 1.76 bits per heavy atom. The molecule has 0 radical (unpaired) electrons. The Balaban J connectivity index is 1.13. The second-order valence-corrected chi connectivity index (χ2v) is 16.4. The van der Waals surface area contributed by atoms with E-state index in [1.807, 2.05) is 54.6 Å². The van der Waals surface area contributed by atoms with Crippen LogP contribution in [0.3, 0.4) is 0 Å². The number of nitrogens with zero attached hydrogens (tertiary/aromatic N) is 2. The summed E-state index contributed by atoms with van der Waals surface area (Å²) in [5.41, 5.74) is -0.633. The van der Waals surface area contributed by atoms with E-state index in [4.69, 9.17) is 9.57 Å². The van der Waals surface area contributed by atoms with E-state index < -0.39 is 68.7 Å². The molecule has 5 atom stereocenters. The van der Waals surface area contributed by atoms with Crippen molar-refractivity contribution < 1.29 is 37.2 Å². The summed E-state index contributed by atoms with van der Waals surface area (Å²) in [6.45, 7) is 0.0121. The number of ether oxygens (including phenoxy) is 1. The van der Waals surface area contributed by atoms with Crippen LogP contribution in [-0.2, 0) is 34.0 Å². The Hall–Kier alpha value is -4.46. The molecule has 14 heteroatoms. The third-order valence-electron chi connectivity index (χ3n) is 10.7. The Labute approximate surface area is 297 Å². The smallest absolute Gasteiger partial charge is 0.408 e. The van der Waals surface area contributed by atoms with Gasteiger partial charge >= 0.3 is 6.09 Å². The molecule has 3 saturated carbocycles. The van der Waals surface area contributed by atoms with Crippen LogP contribution in [0.4, 0.5) is 4.79 Å². The highest BCUT2D eigenvalue weighted by atomic mass is 32.2. The average molecular weight is 720 g/mol. The highest BCUT2D eigenvalue weighted by Crippen LogP contribution is 2.46. The first kappa shape index (κ1) is 35.0. The van der Waals surface area contributed by atoms with Crippen molar-refractivity contribution in [2.24, 2.45) is 11.1 Å². The molecule has 272 valence electrons. The number of nitrogens with one attached hydrogen (secondary N) is 3. The van der Waals surface area contributed by atoms with Crippen LogP contribution in [0, 0.1) is 5.92 Å². The summed E-state index contributed by atoms with van der Waals surface area (Å²) in [6, 6.07) is 11.7. The lowest BCUT2D eigenvalue weighted by molar-refractivity contribution is -0.141. The number of carbonyl (C=O) groups excluding carboxylic acids is 4. The summed E-state index contributed by atoms with van der Waals surface area (Å²) in [4.78, 5) is 62.2. The molecule has 0 spiro atoms. The molecule has 5 aliphatic rings. The maximum absolute atomic E-state index is 14.3. The molecule has 0 bridgehead atoms. The first-order chi connectivity index (χ1) is 24.6. The summed E-state index contributed by atoms with van der Waals surface area (Å²) >= 11 is 0. The number of benzene rings is 2. The maximum atomic E-state index is 14.3. The van der Waals surface area contributed by atoms with Gasteiger partial charge in [-0.25, -0.2) is 13.2 Å². The Bertz CT molecular complexity index is 1840. The third kappa shape index (κ3) is 7.90. The Morgan fingerprint density at radius 1 is 0.961 bits per heavy atom. The topological polar surface area (TPSA) is 173 Å². The fourth-order valence-corrected chi connectivity index (χ4v) is 8.55. The molecule has 2 aromatic rings. The van der Waals surface area contributed by atoms with Gasteiger partial charge in [0.1, 0.15) is 29.8 Å². The first-order valence-electron chi connectivity index (χ1n) is 18.1. The first-order valence-corrected chi connectivity index (χ1v) is 19.7. The van der Waals surface area contributed by atoms with Crippen LogP contribution in [-0.4, -0.2) is 85.0 Å². The number of amides is 4. The van der Waals surface area contributed by atoms with Gasteiger partial charge in [-0.05, 0) is 68.6 Å². The predicted molar refractivity (Wildman–Crippen MR) is 189 cm³/mol. The monoisotopic (exact) mass is 719 g/mol. The molecular formula is C37H45N5O8S. The van der Waals surface area contributed by atoms with Gasteiger partial charge in [-0.15, -0.1) is 0 Å². The van der Waals surface area contributed by atoms with E-state index in [9.17, 15) is 27.6 Å². The molecule has 7 rings (SSSR count). The predicted octanol–water partition coefficient (Wildman–Crippen LogP) is 3.81. The van der Waals surface area contributed by atoms with Gasteiger partial charge in [0.2, 0.25) is 21.8 Å². The molecule has 2 heterocycles. The van der Waals surface area contributed by atoms with Gasteiger partial charge in [0.05, 0.1) is 18.0 Å². The molecule has 0 unspecified atom stereocenters. The molecule has 13 nitrogen and oxygen atoms in total. The van der Waals surface area contributed by atoms with Crippen molar-refractivity contribution in [1.29, 1.82) is 0 Å². The van der Waals surface area contributed by atoms with E-state index in [2.05, 4.69) is 20.5 Å². The van der Waals surface area contributed by atoms with Crippen LogP contribution < -0.4 is 15.4 Å². The van der Waals surface area contributed by atoms with Gasteiger partial charge in [-0.2, -0.15) is 0 Å². The van der Waals surface area contributed by atoms with E-state index in [-0.39, 0.29) is 25.5 Å². The zero-order chi connectivity index (χ0) is 35.6. The van der Waals surface area contributed by atoms with Gasteiger partial charge in [0, 0.05) is 17.9 Å². The molecule has 4 fully saturated rings. The molecule has 0 aromatic heterocycles. The minimum Gasteiger partial charge on any atom is -0.446 e. The Kier molecular flexibility index (Phi) is 10.0. The number of alkyl carbamates (subject to hydrolysis) is 1. The number of hydrogen-bond acceptors (Lipinski definition) is 9. The van der Waals surface area contributed by atoms with E-state index in [1.165, 1.54) is 4.90 Å². The fraction of sp³-hybridized carbons (Fsp3) is 0.541. The van der Waals surface area contributed by atoms with Crippen LogP contribution in [0.2, 0.25) is 0 Å². The molecule has 3 aliphatic carbocycles. The summed E-state index contributed by atoms with van der Waals surface area (Å²) < 4.78 is 33.2. The SMILES string of the molecule is O=C(N[C@H]1CCCCC/C=C\[C@@H]2C[C@]2(C(=O)NS(=O)(=O)C2CC2)NC(=O)[C@@H]2C[C@@H](O/N=C/c3cccc4ccccc34)CN2C1=O)OC1CCC1. The Morgan fingerprint density at radius 3 is 2.55 bits per heavy atom. The molecule has 1 saturated heterocycles. The van der Waals surface area contributed by atoms with Crippen LogP contribution >= 0.6 is 0 Å². The maximum Gasteiger partial charge on any atom is 0.408 e. The van der Waals surface area contributed by atoms with Crippen LogP contribution in [0.1, 0.15) is 82.6 Å². The number of rotatable bonds is 8. The fourth-order valence-electron chi connectivity index (χ4n) is 7.19. The summed E-state index contributed by atoms with van der Waals surface area (Å²) in [5, 5.41) is 11.3. The van der Waals surface area contributed by atoms with Crippen molar-refractivity contribution in [1.82, 2.24) is 20.3 Å².